The Labute approximate surface area is 114 Å². The monoisotopic (exact) mass is 291 g/mol. The number of rotatable bonds is 7. The van der Waals surface area contributed by atoms with Gasteiger partial charge in [0, 0.05) is 6.54 Å². The molecule has 1 aromatic rings. The van der Waals surface area contributed by atoms with Crippen LogP contribution in [0.25, 0.3) is 0 Å². The van der Waals surface area contributed by atoms with E-state index in [2.05, 4.69) is 0 Å². The molecular formula is C13H16F3NO3. The summed E-state index contributed by atoms with van der Waals surface area (Å²) in [5.41, 5.74) is 0.824. The first kappa shape index (κ1) is 16.5. The van der Waals surface area contributed by atoms with Gasteiger partial charge >= 0.3 is 6.18 Å². The maximum absolute atomic E-state index is 12.3. The third kappa shape index (κ3) is 6.53. The number of hydrogen-bond acceptors (Lipinski definition) is 3. The fourth-order valence-corrected chi connectivity index (χ4v) is 1.55. The predicted octanol–water partition coefficient (Wildman–Crippen LogP) is 1.59. The zero-order valence-corrected chi connectivity index (χ0v) is 10.8. The zero-order valence-electron chi connectivity index (χ0n) is 10.8. The molecule has 7 heteroatoms. The molecule has 1 amide bonds. The van der Waals surface area contributed by atoms with E-state index < -0.39 is 31.8 Å². The molecule has 0 aliphatic carbocycles. The molecule has 20 heavy (non-hydrogen) atoms. The third-order valence-corrected chi connectivity index (χ3v) is 2.43. The second-order valence-corrected chi connectivity index (χ2v) is 4.13. The number of carbonyl (C=O) groups excluding carboxylic acids is 1. The molecule has 112 valence electrons. The van der Waals surface area contributed by atoms with Crippen molar-refractivity contribution in [1.29, 1.82) is 0 Å². The molecule has 0 aliphatic heterocycles. The predicted molar refractivity (Wildman–Crippen MR) is 65.8 cm³/mol. The van der Waals surface area contributed by atoms with E-state index in [4.69, 9.17) is 9.84 Å². The van der Waals surface area contributed by atoms with Gasteiger partial charge in [0.1, 0.15) is 13.2 Å². The van der Waals surface area contributed by atoms with E-state index in [0.717, 1.165) is 5.56 Å². The van der Waals surface area contributed by atoms with E-state index >= 15 is 0 Å². The van der Waals surface area contributed by atoms with Crippen LogP contribution in [-0.2, 0) is 16.1 Å². The molecule has 0 bridgehead atoms. The highest BCUT2D eigenvalue weighted by molar-refractivity contribution is 5.77. The van der Waals surface area contributed by atoms with Crippen LogP contribution in [0.5, 0.6) is 0 Å². The first-order chi connectivity index (χ1) is 9.42. The lowest BCUT2D eigenvalue weighted by Gasteiger charge is -2.22. The maximum atomic E-state index is 12.3. The van der Waals surface area contributed by atoms with Gasteiger partial charge in [0.05, 0.1) is 13.2 Å². The molecule has 1 N–H and O–H groups in total. The van der Waals surface area contributed by atoms with Crippen LogP contribution in [0.4, 0.5) is 13.2 Å². The summed E-state index contributed by atoms with van der Waals surface area (Å²) in [6.45, 7) is -2.59. The van der Waals surface area contributed by atoms with Crippen LogP contribution >= 0.6 is 0 Å². The Hall–Kier alpha value is -1.60. The molecule has 0 radical (unpaired) electrons. The summed E-state index contributed by atoms with van der Waals surface area (Å²) in [6, 6.07) is 8.97. The minimum atomic E-state index is -4.50. The van der Waals surface area contributed by atoms with Gasteiger partial charge in [-0.1, -0.05) is 30.3 Å². The highest BCUT2D eigenvalue weighted by atomic mass is 19.4. The van der Waals surface area contributed by atoms with Gasteiger partial charge in [-0.05, 0) is 5.56 Å². The summed E-state index contributed by atoms with van der Waals surface area (Å²) in [7, 11) is 0. The normalized spacial score (nSPS) is 11.4. The number of alkyl halides is 3. The minimum Gasteiger partial charge on any atom is -0.395 e. The SMILES string of the molecule is O=C(COCc1ccccc1)N(CCO)CC(F)(F)F. The Kier molecular flexibility index (Phi) is 6.47. The molecule has 0 aliphatic rings. The molecule has 0 aromatic heterocycles. The number of halogens is 3. The van der Waals surface area contributed by atoms with Gasteiger partial charge in [0.25, 0.3) is 0 Å². The molecule has 0 saturated carbocycles. The standard InChI is InChI=1S/C13H16F3NO3/c14-13(15,16)10-17(6-7-18)12(19)9-20-8-11-4-2-1-3-5-11/h1-5,18H,6-10H2. The number of carbonyl (C=O) groups is 1. The van der Waals surface area contributed by atoms with Gasteiger partial charge in [0.15, 0.2) is 0 Å². The van der Waals surface area contributed by atoms with Gasteiger partial charge in [-0.15, -0.1) is 0 Å². The average molecular weight is 291 g/mol. The van der Waals surface area contributed by atoms with Crippen molar-refractivity contribution in [2.24, 2.45) is 0 Å². The number of hydrogen-bond donors (Lipinski definition) is 1. The molecular weight excluding hydrogens is 275 g/mol. The molecule has 0 fully saturated rings. The van der Waals surface area contributed by atoms with Crippen molar-refractivity contribution >= 4 is 5.91 Å². The maximum Gasteiger partial charge on any atom is 0.406 e. The summed E-state index contributed by atoms with van der Waals surface area (Å²) < 4.78 is 41.9. The number of amides is 1. The Balaban J connectivity index is 2.42. The van der Waals surface area contributed by atoms with Crippen LogP contribution in [0.3, 0.4) is 0 Å². The highest BCUT2D eigenvalue weighted by Gasteiger charge is 2.32. The first-order valence-electron chi connectivity index (χ1n) is 5.99. The van der Waals surface area contributed by atoms with Crippen LogP contribution in [0.15, 0.2) is 30.3 Å². The fourth-order valence-electron chi connectivity index (χ4n) is 1.55. The average Bonchev–Trinajstić information content (AvgIpc) is 2.38. The van der Waals surface area contributed by atoms with Crippen LogP contribution in [0.1, 0.15) is 5.56 Å². The van der Waals surface area contributed by atoms with Crippen molar-refractivity contribution in [2.45, 2.75) is 12.8 Å². The number of aliphatic hydroxyl groups is 1. The van der Waals surface area contributed by atoms with Gasteiger partial charge in [-0.3, -0.25) is 4.79 Å². The van der Waals surface area contributed by atoms with Crippen LogP contribution in [0.2, 0.25) is 0 Å². The van der Waals surface area contributed by atoms with Gasteiger partial charge in [-0.25, -0.2) is 0 Å². The van der Waals surface area contributed by atoms with E-state index in [0.29, 0.717) is 4.90 Å². The van der Waals surface area contributed by atoms with Crippen molar-refractivity contribution in [3.8, 4) is 0 Å². The lowest BCUT2D eigenvalue weighted by Crippen LogP contribution is -2.42. The van der Waals surface area contributed by atoms with E-state index in [9.17, 15) is 18.0 Å². The van der Waals surface area contributed by atoms with Gasteiger partial charge < -0.3 is 14.7 Å². The zero-order chi connectivity index (χ0) is 15.0. The second kappa shape index (κ2) is 7.86. The number of benzene rings is 1. The summed E-state index contributed by atoms with van der Waals surface area (Å²) in [5.74, 6) is -0.799. The minimum absolute atomic E-state index is 0.144. The van der Waals surface area contributed by atoms with E-state index in [1.165, 1.54) is 0 Å². The largest absolute Gasteiger partial charge is 0.406 e. The molecule has 0 saturated heterocycles. The summed E-state index contributed by atoms with van der Waals surface area (Å²) in [5, 5.41) is 8.68. The Morgan fingerprint density at radius 1 is 1.25 bits per heavy atom. The lowest BCUT2D eigenvalue weighted by atomic mass is 10.2. The van der Waals surface area contributed by atoms with Crippen molar-refractivity contribution in [3.05, 3.63) is 35.9 Å². The number of aliphatic hydroxyl groups excluding tert-OH is 1. The van der Waals surface area contributed by atoms with Crippen molar-refractivity contribution in [2.75, 3.05) is 26.3 Å². The third-order valence-electron chi connectivity index (χ3n) is 2.43. The molecule has 0 atom stereocenters. The number of ether oxygens (including phenoxy) is 1. The van der Waals surface area contributed by atoms with Crippen molar-refractivity contribution < 1.29 is 27.8 Å². The van der Waals surface area contributed by atoms with Gasteiger partial charge in [0.2, 0.25) is 5.91 Å². The van der Waals surface area contributed by atoms with Crippen molar-refractivity contribution in [1.82, 2.24) is 4.90 Å². The van der Waals surface area contributed by atoms with E-state index in [1.807, 2.05) is 6.07 Å². The Morgan fingerprint density at radius 2 is 1.90 bits per heavy atom. The quantitative estimate of drug-likeness (QED) is 0.830. The molecule has 1 rings (SSSR count). The topological polar surface area (TPSA) is 49.8 Å². The fraction of sp³-hybridized carbons (Fsp3) is 0.462. The van der Waals surface area contributed by atoms with Crippen LogP contribution in [0, 0.1) is 0 Å². The molecule has 1 aromatic carbocycles. The Bertz CT molecular complexity index is 409. The molecule has 0 heterocycles. The highest BCUT2D eigenvalue weighted by Crippen LogP contribution is 2.16. The summed E-state index contributed by atoms with van der Waals surface area (Å²) >= 11 is 0. The molecule has 0 spiro atoms. The van der Waals surface area contributed by atoms with Crippen LogP contribution < -0.4 is 0 Å². The summed E-state index contributed by atoms with van der Waals surface area (Å²) in [4.78, 5) is 12.1. The van der Waals surface area contributed by atoms with Crippen molar-refractivity contribution in [3.63, 3.8) is 0 Å². The van der Waals surface area contributed by atoms with E-state index in [1.54, 1.807) is 24.3 Å². The Morgan fingerprint density at radius 3 is 2.45 bits per heavy atom. The van der Waals surface area contributed by atoms with Gasteiger partial charge in [-0.2, -0.15) is 13.2 Å². The van der Waals surface area contributed by atoms with E-state index in [-0.39, 0.29) is 13.2 Å². The smallest absolute Gasteiger partial charge is 0.395 e. The summed E-state index contributed by atoms with van der Waals surface area (Å²) in [6.07, 6.45) is -4.50. The lowest BCUT2D eigenvalue weighted by molar-refractivity contribution is -0.164. The van der Waals surface area contributed by atoms with Crippen LogP contribution in [-0.4, -0.2) is 48.4 Å². The second-order valence-electron chi connectivity index (χ2n) is 4.13. The molecule has 4 nitrogen and oxygen atoms in total. The molecule has 0 unspecified atom stereocenters. The number of nitrogens with zero attached hydrogens (tertiary/aromatic N) is 1. The first-order valence-corrected chi connectivity index (χ1v) is 5.99.